The van der Waals surface area contributed by atoms with E-state index in [9.17, 15) is 0 Å². The molecule has 2 N–H and O–H groups in total. The van der Waals surface area contributed by atoms with Crippen molar-refractivity contribution in [1.82, 2.24) is 4.90 Å². The van der Waals surface area contributed by atoms with Crippen LogP contribution in [0.4, 0.5) is 0 Å². The Hall–Kier alpha value is -1.06. The average molecular weight is 222 g/mol. The Morgan fingerprint density at radius 1 is 1.25 bits per heavy atom. The highest BCUT2D eigenvalue weighted by Gasteiger charge is 2.12. The summed E-state index contributed by atoms with van der Waals surface area (Å²) in [6, 6.07) is 8.66. The molecule has 0 fully saturated rings. The van der Waals surface area contributed by atoms with E-state index in [1.165, 1.54) is 5.56 Å². The number of nitrogens with two attached hydrogens (primary N) is 1. The van der Waals surface area contributed by atoms with Crippen LogP contribution in [0.5, 0.6) is 5.75 Å². The van der Waals surface area contributed by atoms with Gasteiger partial charge in [0.2, 0.25) is 0 Å². The summed E-state index contributed by atoms with van der Waals surface area (Å²) in [6.07, 6.45) is 0.973. The Morgan fingerprint density at radius 3 is 2.31 bits per heavy atom. The van der Waals surface area contributed by atoms with Crippen LogP contribution in [0, 0.1) is 0 Å². The Labute approximate surface area is 98.2 Å². The van der Waals surface area contributed by atoms with Gasteiger partial charge in [0.25, 0.3) is 0 Å². The first-order chi connectivity index (χ1) is 7.69. The van der Waals surface area contributed by atoms with E-state index in [4.69, 9.17) is 10.5 Å². The molecule has 0 aliphatic carbocycles. The highest BCUT2D eigenvalue weighted by atomic mass is 16.5. The van der Waals surface area contributed by atoms with E-state index >= 15 is 0 Å². The summed E-state index contributed by atoms with van der Waals surface area (Å²) in [5.74, 6) is 0.927. The third-order valence-corrected chi connectivity index (χ3v) is 2.64. The van der Waals surface area contributed by atoms with Crippen molar-refractivity contribution in [1.29, 1.82) is 0 Å². The lowest BCUT2D eigenvalue weighted by Gasteiger charge is -2.24. The monoisotopic (exact) mass is 222 g/mol. The summed E-state index contributed by atoms with van der Waals surface area (Å²) in [5, 5.41) is 0. The minimum atomic E-state index is 0.390. The normalized spacial score (nSPS) is 12.8. The highest BCUT2D eigenvalue weighted by Crippen LogP contribution is 2.23. The molecule has 1 rings (SSSR count). The predicted octanol–water partition coefficient (Wildman–Crippen LogP) is 2.04. The van der Waals surface area contributed by atoms with Crippen molar-refractivity contribution in [2.75, 3.05) is 27.2 Å². The van der Waals surface area contributed by atoms with Gasteiger partial charge in [0.05, 0.1) is 6.61 Å². The standard InChI is InChI=1S/C13H22N2O/c1-4-16-12-7-5-11(6-8-12)13(9-10-14)15(2)3/h5-8,13H,4,9-10,14H2,1-3H3. The molecule has 1 aromatic carbocycles. The van der Waals surface area contributed by atoms with Crippen LogP contribution >= 0.6 is 0 Å². The average Bonchev–Trinajstić information content (AvgIpc) is 2.27. The maximum Gasteiger partial charge on any atom is 0.119 e. The fraction of sp³-hybridized carbons (Fsp3) is 0.538. The summed E-state index contributed by atoms with van der Waals surface area (Å²) in [6.45, 7) is 3.40. The van der Waals surface area contributed by atoms with Crippen molar-refractivity contribution in [3.63, 3.8) is 0 Å². The van der Waals surface area contributed by atoms with Gasteiger partial charge in [-0.15, -0.1) is 0 Å². The number of rotatable bonds is 6. The number of ether oxygens (including phenoxy) is 1. The molecule has 90 valence electrons. The molecule has 1 aromatic rings. The SMILES string of the molecule is CCOc1ccc(C(CCN)N(C)C)cc1. The lowest BCUT2D eigenvalue weighted by Crippen LogP contribution is -2.22. The third kappa shape index (κ3) is 3.51. The maximum absolute atomic E-state index is 5.63. The van der Waals surface area contributed by atoms with E-state index in [1.54, 1.807) is 0 Å². The number of benzene rings is 1. The van der Waals surface area contributed by atoms with Crippen molar-refractivity contribution < 1.29 is 4.74 Å². The van der Waals surface area contributed by atoms with E-state index in [0.29, 0.717) is 19.2 Å². The lowest BCUT2D eigenvalue weighted by atomic mass is 10.0. The second kappa shape index (κ2) is 6.51. The van der Waals surface area contributed by atoms with E-state index < -0.39 is 0 Å². The van der Waals surface area contributed by atoms with Crippen LogP contribution in [0.15, 0.2) is 24.3 Å². The Bertz CT molecular complexity index is 295. The molecule has 0 saturated heterocycles. The number of hydrogen-bond donors (Lipinski definition) is 1. The largest absolute Gasteiger partial charge is 0.494 e. The molecule has 3 heteroatoms. The molecule has 3 nitrogen and oxygen atoms in total. The van der Waals surface area contributed by atoms with Gasteiger partial charge in [0.15, 0.2) is 0 Å². The molecule has 0 bridgehead atoms. The maximum atomic E-state index is 5.63. The summed E-state index contributed by atoms with van der Waals surface area (Å²) in [4.78, 5) is 2.20. The molecule has 0 saturated carbocycles. The molecule has 0 aliphatic rings. The van der Waals surface area contributed by atoms with Crippen LogP contribution in [0.1, 0.15) is 24.9 Å². The van der Waals surface area contributed by atoms with Gasteiger partial charge in [0, 0.05) is 6.04 Å². The van der Waals surface area contributed by atoms with Crippen molar-refractivity contribution in [2.45, 2.75) is 19.4 Å². The Kier molecular flexibility index (Phi) is 5.29. The van der Waals surface area contributed by atoms with E-state index in [0.717, 1.165) is 12.2 Å². The van der Waals surface area contributed by atoms with Crippen LogP contribution in [0.2, 0.25) is 0 Å². The summed E-state index contributed by atoms with van der Waals surface area (Å²) < 4.78 is 5.42. The zero-order valence-electron chi connectivity index (χ0n) is 10.4. The van der Waals surface area contributed by atoms with Crippen molar-refractivity contribution in [2.24, 2.45) is 5.73 Å². The fourth-order valence-corrected chi connectivity index (χ4v) is 1.83. The molecule has 0 aliphatic heterocycles. The van der Waals surface area contributed by atoms with Gasteiger partial charge in [-0.25, -0.2) is 0 Å². The molecule has 0 heterocycles. The fourth-order valence-electron chi connectivity index (χ4n) is 1.83. The lowest BCUT2D eigenvalue weighted by molar-refractivity contribution is 0.286. The molecule has 0 spiro atoms. The van der Waals surface area contributed by atoms with Gasteiger partial charge in [-0.3, -0.25) is 0 Å². The first-order valence-electron chi connectivity index (χ1n) is 5.78. The van der Waals surface area contributed by atoms with Crippen molar-refractivity contribution in [3.8, 4) is 5.75 Å². The smallest absolute Gasteiger partial charge is 0.119 e. The van der Waals surface area contributed by atoms with Crippen LogP contribution in [0.3, 0.4) is 0 Å². The Balaban J connectivity index is 2.77. The Morgan fingerprint density at radius 2 is 1.88 bits per heavy atom. The minimum Gasteiger partial charge on any atom is -0.494 e. The van der Waals surface area contributed by atoms with Gasteiger partial charge in [-0.1, -0.05) is 12.1 Å². The van der Waals surface area contributed by atoms with Gasteiger partial charge >= 0.3 is 0 Å². The second-order valence-corrected chi connectivity index (χ2v) is 4.06. The summed E-state index contributed by atoms with van der Waals surface area (Å²) in [5.41, 5.74) is 6.92. The first-order valence-corrected chi connectivity index (χ1v) is 5.78. The van der Waals surface area contributed by atoms with E-state index in [1.807, 2.05) is 19.1 Å². The molecule has 16 heavy (non-hydrogen) atoms. The molecule has 1 unspecified atom stereocenters. The topological polar surface area (TPSA) is 38.5 Å². The highest BCUT2D eigenvalue weighted by molar-refractivity contribution is 5.29. The van der Waals surface area contributed by atoms with E-state index in [-0.39, 0.29) is 0 Å². The predicted molar refractivity (Wildman–Crippen MR) is 67.7 cm³/mol. The van der Waals surface area contributed by atoms with Crippen LogP contribution in [-0.4, -0.2) is 32.1 Å². The molecule has 0 radical (unpaired) electrons. The van der Waals surface area contributed by atoms with Crippen molar-refractivity contribution >= 4 is 0 Å². The summed E-state index contributed by atoms with van der Waals surface area (Å²) >= 11 is 0. The first kappa shape index (κ1) is 13.0. The summed E-state index contributed by atoms with van der Waals surface area (Å²) in [7, 11) is 4.16. The molecular formula is C13H22N2O. The molecule has 1 atom stereocenters. The minimum absolute atomic E-state index is 0.390. The molecule has 0 amide bonds. The quantitative estimate of drug-likeness (QED) is 0.800. The van der Waals surface area contributed by atoms with Gasteiger partial charge in [0.1, 0.15) is 5.75 Å². The number of hydrogen-bond acceptors (Lipinski definition) is 3. The van der Waals surface area contributed by atoms with Gasteiger partial charge < -0.3 is 15.4 Å². The van der Waals surface area contributed by atoms with E-state index in [2.05, 4.69) is 31.1 Å². The zero-order valence-corrected chi connectivity index (χ0v) is 10.4. The van der Waals surface area contributed by atoms with Gasteiger partial charge in [-0.2, -0.15) is 0 Å². The van der Waals surface area contributed by atoms with Crippen LogP contribution in [-0.2, 0) is 0 Å². The van der Waals surface area contributed by atoms with Crippen LogP contribution < -0.4 is 10.5 Å². The zero-order chi connectivity index (χ0) is 12.0. The second-order valence-electron chi connectivity index (χ2n) is 4.06. The van der Waals surface area contributed by atoms with Crippen molar-refractivity contribution in [3.05, 3.63) is 29.8 Å². The molecular weight excluding hydrogens is 200 g/mol. The molecule has 0 aromatic heterocycles. The third-order valence-electron chi connectivity index (χ3n) is 2.64. The van der Waals surface area contributed by atoms with Gasteiger partial charge in [-0.05, 0) is 51.7 Å². The van der Waals surface area contributed by atoms with Crippen LogP contribution in [0.25, 0.3) is 0 Å². The number of nitrogens with zero attached hydrogens (tertiary/aromatic N) is 1.